The highest BCUT2D eigenvalue weighted by molar-refractivity contribution is 5.84. The van der Waals surface area contributed by atoms with Crippen LogP contribution in [0, 0.1) is 0 Å². The summed E-state index contributed by atoms with van der Waals surface area (Å²) in [6.07, 6.45) is 2.04. The normalized spacial score (nSPS) is 24.8. The third-order valence-corrected chi connectivity index (χ3v) is 4.08. The van der Waals surface area contributed by atoms with Gasteiger partial charge in [-0.05, 0) is 37.8 Å². The number of aryl methyl sites for hydroxylation is 1. The number of carbonyl (C=O) groups is 1. The van der Waals surface area contributed by atoms with Gasteiger partial charge >= 0.3 is 0 Å². The van der Waals surface area contributed by atoms with Crippen molar-refractivity contribution in [2.45, 2.75) is 58.8 Å². The molecule has 0 spiro atoms. The molecule has 0 aromatic heterocycles. The molecule has 2 rings (SSSR count). The van der Waals surface area contributed by atoms with E-state index < -0.39 is 0 Å². The third kappa shape index (κ3) is 2.66. The molecule has 1 aliphatic rings. The van der Waals surface area contributed by atoms with Crippen LogP contribution in [0.4, 0.5) is 0 Å². The van der Waals surface area contributed by atoms with E-state index >= 15 is 0 Å². The molecule has 1 heterocycles. The lowest BCUT2D eigenvalue weighted by Crippen LogP contribution is -2.37. The Morgan fingerprint density at radius 3 is 2.42 bits per heavy atom. The van der Waals surface area contributed by atoms with Gasteiger partial charge in [0.2, 0.25) is 5.91 Å². The van der Waals surface area contributed by atoms with Crippen LogP contribution in [0.2, 0.25) is 0 Å². The van der Waals surface area contributed by atoms with Crippen LogP contribution in [0.3, 0.4) is 0 Å². The number of nitrogens with zero attached hydrogens (tertiary/aromatic N) is 1. The van der Waals surface area contributed by atoms with Gasteiger partial charge in [0, 0.05) is 6.04 Å². The number of benzene rings is 1. The Kier molecular flexibility index (Phi) is 4.25. The zero-order valence-corrected chi connectivity index (χ0v) is 12.3. The van der Waals surface area contributed by atoms with Crippen LogP contribution in [-0.4, -0.2) is 22.9 Å². The number of rotatable bonds is 4. The first-order chi connectivity index (χ1) is 9.08. The van der Waals surface area contributed by atoms with Gasteiger partial charge < -0.3 is 4.90 Å². The number of amides is 1. The van der Waals surface area contributed by atoms with Crippen LogP contribution in [-0.2, 0) is 11.2 Å². The van der Waals surface area contributed by atoms with Gasteiger partial charge in [-0.1, -0.05) is 38.1 Å². The maximum Gasteiger partial charge on any atom is 0.241 e. The van der Waals surface area contributed by atoms with E-state index in [2.05, 4.69) is 50.4 Å². The quantitative estimate of drug-likeness (QED) is 0.903. The van der Waals surface area contributed by atoms with E-state index in [1.165, 1.54) is 11.1 Å². The highest BCUT2D eigenvalue weighted by Crippen LogP contribution is 2.28. The van der Waals surface area contributed by atoms with Crippen LogP contribution in [0.1, 0.15) is 51.4 Å². The summed E-state index contributed by atoms with van der Waals surface area (Å²) in [4.78, 5) is 14.3. The Bertz CT molecular complexity index is 441. The van der Waals surface area contributed by atoms with Crippen LogP contribution in [0.15, 0.2) is 24.3 Å². The summed E-state index contributed by atoms with van der Waals surface area (Å²) in [5, 5.41) is 3.40. The van der Waals surface area contributed by atoms with Crippen LogP contribution >= 0.6 is 0 Å². The van der Waals surface area contributed by atoms with Crippen LogP contribution in [0.5, 0.6) is 0 Å². The molecule has 1 N–H and O–H groups in total. The second-order valence-electron chi connectivity index (χ2n) is 5.39. The van der Waals surface area contributed by atoms with Crippen molar-refractivity contribution in [3.63, 3.8) is 0 Å². The van der Waals surface area contributed by atoms with Crippen LogP contribution in [0.25, 0.3) is 0 Å². The second kappa shape index (κ2) is 5.74. The summed E-state index contributed by atoms with van der Waals surface area (Å²) in [5.74, 6) is 0.207. The Hall–Kier alpha value is -1.35. The number of carbonyl (C=O) groups excluding carboxylic acids is 1. The molecule has 3 atom stereocenters. The topological polar surface area (TPSA) is 32.3 Å². The van der Waals surface area contributed by atoms with Crippen molar-refractivity contribution < 1.29 is 4.79 Å². The summed E-state index contributed by atoms with van der Waals surface area (Å²) in [7, 11) is 0. The molecule has 1 fully saturated rings. The van der Waals surface area contributed by atoms with Gasteiger partial charge in [0.05, 0.1) is 6.04 Å². The molecule has 3 nitrogen and oxygen atoms in total. The fraction of sp³-hybridized carbons (Fsp3) is 0.562. The van der Waals surface area contributed by atoms with Crippen molar-refractivity contribution in [1.29, 1.82) is 0 Å². The highest BCUT2D eigenvalue weighted by atomic mass is 16.2. The van der Waals surface area contributed by atoms with Crippen molar-refractivity contribution in [2.75, 3.05) is 0 Å². The summed E-state index contributed by atoms with van der Waals surface area (Å²) >= 11 is 0. The number of nitrogens with one attached hydrogen (secondary N) is 1. The Balaban J connectivity index is 2.27. The Labute approximate surface area is 116 Å². The van der Waals surface area contributed by atoms with E-state index in [0.29, 0.717) is 0 Å². The van der Waals surface area contributed by atoms with Gasteiger partial charge in [0.15, 0.2) is 0 Å². The predicted octanol–water partition coefficient (Wildman–Crippen LogP) is 2.87. The van der Waals surface area contributed by atoms with Gasteiger partial charge in [0.1, 0.15) is 6.17 Å². The minimum Gasteiger partial charge on any atom is -0.319 e. The number of hydrogen-bond donors (Lipinski definition) is 1. The van der Waals surface area contributed by atoms with E-state index in [0.717, 1.165) is 12.8 Å². The van der Waals surface area contributed by atoms with Crippen molar-refractivity contribution in [1.82, 2.24) is 10.2 Å². The molecule has 3 unspecified atom stereocenters. The molecule has 0 radical (unpaired) electrons. The molecule has 3 heteroatoms. The summed E-state index contributed by atoms with van der Waals surface area (Å²) in [6, 6.07) is 8.75. The summed E-state index contributed by atoms with van der Waals surface area (Å²) < 4.78 is 0. The van der Waals surface area contributed by atoms with Crippen LogP contribution < -0.4 is 5.32 Å². The Morgan fingerprint density at radius 2 is 1.89 bits per heavy atom. The van der Waals surface area contributed by atoms with E-state index in [1.54, 1.807) is 0 Å². The molecular weight excluding hydrogens is 236 g/mol. The Morgan fingerprint density at radius 1 is 1.26 bits per heavy atom. The van der Waals surface area contributed by atoms with E-state index in [1.807, 2.05) is 11.8 Å². The fourth-order valence-electron chi connectivity index (χ4n) is 2.60. The molecule has 0 bridgehead atoms. The van der Waals surface area contributed by atoms with Crippen molar-refractivity contribution in [2.24, 2.45) is 0 Å². The highest BCUT2D eigenvalue weighted by Gasteiger charge is 2.39. The summed E-state index contributed by atoms with van der Waals surface area (Å²) in [5.41, 5.74) is 2.51. The molecule has 1 aromatic carbocycles. The van der Waals surface area contributed by atoms with Crippen molar-refractivity contribution in [3.05, 3.63) is 35.4 Å². The molecule has 19 heavy (non-hydrogen) atoms. The maximum absolute atomic E-state index is 12.3. The SMILES string of the molecule is CCc1ccc(C2NC(C)C(=O)N2C(C)CC)cc1. The molecule has 104 valence electrons. The predicted molar refractivity (Wildman–Crippen MR) is 77.8 cm³/mol. The van der Waals surface area contributed by atoms with Gasteiger partial charge in [0.25, 0.3) is 0 Å². The molecule has 1 saturated heterocycles. The molecule has 1 amide bonds. The lowest BCUT2D eigenvalue weighted by atomic mass is 10.1. The first-order valence-electron chi connectivity index (χ1n) is 7.25. The zero-order valence-electron chi connectivity index (χ0n) is 12.3. The monoisotopic (exact) mass is 260 g/mol. The lowest BCUT2D eigenvalue weighted by Gasteiger charge is -2.30. The minimum atomic E-state index is -0.0927. The van der Waals surface area contributed by atoms with E-state index in [-0.39, 0.29) is 24.2 Å². The first-order valence-corrected chi connectivity index (χ1v) is 7.25. The van der Waals surface area contributed by atoms with Crippen molar-refractivity contribution >= 4 is 5.91 Å². The first kappa shape index (κ1) is 14.1. The average Bonchev–Trinajstić information content (AvgIpc) is 2.74. The van der Waals surface area contributed by atoms with Gasteiger partial charge in [-0.15, -0.1) is 0 Å². The standard InChI is InChI=1S/C16H24N2O/c1-5-11(3)18-15(17-12(4)16(18)19)14-9-7-13(6-2)8-10-14/h7-12,15,17H,5-6H2,1-4H3. The molecule has 1 aliphatic heterocycles. The van der Waals surface area contributed by atoms with E-state index in [4.69, 9.17) is 0 Å². The minimum absolute atomic E-state index is 0.0170. The molecule has 0 aliphatic carbocycles. The third-order valence-electron chi connectivity index (χ3n) is 4.08. The van der Waals surface area contributed by atoms with Gasteiger partial charge in [-0.3, -0.25) is 10.1 Å². The smallest absolute Gasteiger partial charge is 0.241 e. The largest absolute Gasteiger partial charge is 0.319 e. The lowest BCUT2D eigenvalue weighted by molar-refractivity contribution is -0.131. The second-order valence-corrected chi connectivity index (χ2v) is 5.39. The fourth-order valence-corrected chi connectivity index (χ4v) is 2.60. The molecule has 0 saturated carbocycles. The van der Waals surface area contributed by atoms with Gasteiger partial charge in [-0.2, -0.15) is 0 Å². The summed E-state index contributed by atoms with van der Waals surface area (Å²) in [6.45, 7) is 8.33. The average molecular weight is 260 g/mol. The zero-order chi connectivity index (χ0) is 14.0. The maximum atomic E-state index is 12.3. The van der Waals surface area contributed by atoms with E-state index in [9.17, 15) is 4.79 Å². The molecular formula is C16H24N2O. The van der Waals surface area contributed by atoms with Crippen molar-refractivity contribution in [3.8, 4) is 0 Å². The number of hydrogen-bond acceptors (Lipinski definition) is 2. The van der Waals surface area contributed by atoms with Gasteiger partial charge in [-0.25, -0.2) is 0 Å². The molecule has 1 aromatic rings.